The largest absolute Gasteiger partial charge is 0.380 e. The summed E-state index contributed by atoms with van der Waals surface area (Å²) in [5, 5.41) is 6.00. The predicted octanol–water partition coefficient (Wildman–Crippen LogP) is 3.56. The summed E-state index contributed by atoms with van der Waals surface area (Å²) in [5.74, 6) is 0.218. The number of benzene rings is 1. The summed E-state index contributed by atoms with van der Waals surface area (Å²) >= 11 is 0. The van der Waals surface area contributed by atoms with Crippen LogP contribution >= 0.6 is 0 Å². The Morgan fingerprint density at radius 2 is 2.11 bits per heavy atom. The van der Waals surface area contributed by atoms with Crippen LogP contribution in [-0.4, -0.2) is 11.9 Å². The number of hydrogen-bond acceptors (Lipinski definition) is 2. The van der Waals surface area contributed by atoms with E-state index in [4.69, 9.17) is 0 Å². The number of carbonyl (C=O) groups is 1. The van der Waals surface area contributed by atoms with Gasteiger partial charge >= 0.3 is 0 Å². The summed E-state index contributed by atoms with van der Waals surface area (Å²) < 4.78 is 14.0. The average molecular weight is 264 g/mol. The number of halogens is 1. The maximum atomic E-state index is 14.0. The molecule has 1 aromatic rings. The van der Waals surface area contributed by atoms with Gasteiger partial charge in [0.1, 0.15) is 5.82 Å². The Morgan fingerprint density at radius 1 is 1.37 bits per heavy atom. The van der Waals surface area contributed by atoms with Gasteiger partial charge in [0.05, 0.1) is 5.69 Å². The van der Waals surface area contributed by atoms with E-state index in [0.717, 1.165) is 17.7 Å². The summed E-state index contributed by atoms with van der Waals surface area (Å²) in [6.07, 6.45) is 2.08. The third-order valence-corrected chi connectivity index (χ3v) is 3.97. The van der Waals surface area contributed by atoms with Crippen molar-refractivity contribution in [1.29, 1.82) is 0 Å². The molecule has 4 heteroatoms. The first-order chi connectivity index (χ1) is 9.01. The number of rotatable bonds is 4. The fourth-order valence-corrected chi connectivity index (χ4v) is 2.25. The van der Waals surface area contributed by atoms with E-state index < -0.39 is 0 Å². The maximum Gasteiger partial charge on any atom is 0.224 e. The van der Waals surface area contributed by atoms with Crippen LogP contribution in [0.5, 0.6) is 0 Å². The normalized spacial score (nSPS) is 17.4. The number of anilines is 2. The lowest BCUT2D eigenvalue weighted by Gasteiger charge is -2.24. The monoisotopic (exact) mass is 264 g/mol. The summed E-state index contributed by atoms with van der Waals surface area (Å²) in [4.78, 5) is 11.4. The van der Waals surface area contributed by atoms with Crippen LogP contribution in [-0.2, 0) is 11.2 Å². The second kappa shape index (κ2) is 5.59. The van der Waals surface area contributed by atoms with E-state index in [2.05, 4.69) is 24.5 Å². The Labute approximate surface area is 113 Å². The molecule has 0 spiro atoms. The van der Waals surface area contributed by atoms with Gasteiger partial charge in [-0.05, 0) is 37.0 Å². The van der Waals surface area contributed by atoms with Crippen LogP contribution in [0.3, 0.4) is 0 Å². The molecule has 2 N–H and O–H groups in total. The molecule has 1 amide bonds. The first kappa shape index (κ1) is 13.8. The molecule has 19 heavy (non-hydrogen) atoms. The lowest BCUT2D eigenvalue weighted by atomic mass is 9.99. The van der Waals surface area contributed by atoms with Crippen LogP contribution in [0.4, 0.5) is 15.8 Å². The van der Waals surface area contributed by atoms with Crippen molar-refractivity contribution in [3.05, 3.63) is 23.5 Å². The number of amides is 1. The molecule has 0 saturated heterocycles. The molecule has 2 unspecified atom stereocenters. The van der Waals surface area contributed by atoms with Gasteiger partial charge in [-0.15, -0.1) is 0 Å². The molecular weight excluding hydrogens is 243 g/mol. The quantitative estimate of drug-likeness (QED) is 0.873. The van der Waals surface area contributed by atoms with Crippen molar-refractivity contribution in [3.8, 4) is 0 Å². The molecular formula is C15H21FN2O. The Morgan fingerprint density at radius 3 is 2.79 bits per heavy atom. The summed E-state index contributed by atoms with van der Waals surface area (Å²) in [5.41, 5.74) is 2.07. The molecule has 1 heterocycles. The van der Waals surface area contributed by atoms with Gasteiger partial charge in [0, 0.05) is 18.2 Å². The van der Waals surface area contributed by atoms with Crippen LogP contribution in [0.1, 0.15) is 39.2 Å². The molecule has 0 aromatic heterocycles. The van der Waals surface area contributed by atoms with E-state index in [1.54, 1.807) is 6.07 Å². The van der Waals surface area contributed by atoms with Crippen LogP contribution in [0, 0.1) is 11.7 Å². The second-order valence-electron chi connectivity index (χ2n) is 5.36. The van der Waals surface area contributed by atoms with Crippen LogP contribution < -0.4 is 10.6 Å². The van der Waals surface area contributed by atoms with Gasteiger partial charge in [-0.3, -0.25) is 4.79 Å². The zero-order valence-electron chi connectivity index (χ0n) is 11.7. The zero-order valence-corrected chi connectivity index (χ0v) is 11.7. The SMILES string of the molecule is CCC(C)C(C)Nc1cc2c(cc1F)CCC(=O)N2. The van der Waals surface area contributed by atoms with Crippen LogP contribution in [0.25, 0.3) is 0 Å². The minimum absolute atomic E-state index is 0.0000304. The number of nitrogens with one attached hydrogen (secondary N) is 2. The Kier molecular flexibility index (Phi) is 4.08. The Hall–Kier alpha value is -1.58. The topological polar surface area (TPSA) is 41.1 Å². The number of fused-ring (bicyclic) bond motifs is 1. The van der Waals surface area contributed by atoms with Crippen molar-refractivity contribution >= 4 is 17.3 Å². The molecule has 0 fully saturated rings. The molecule has 0 radical (unpaired) electrons. The predicted molar refractivity (Wildman–Crippen MR) is 75.9 cm³/mol. The minimum Gasteiger partial charge on any atom is -0.380 e. The first-order valence-electron chi connectivity index (χ1n) is 6.90. The third kappa shape index (κ3) is 3.06. The molecule has 1 aromatic carbocycles. The van der Waals surface area contributed by atoms with Crippen molar-refractivity contribution in [2.24, 2.45) is 5.92 Å². The average Bonchev–Trinajstić information content (AvgIpc) is 2.39. The molecule has 104 valence electrons. The van der Waals surface area contributed by atoms with Gasteiger partial charge in [-0.25, -0.2) is 4.39 Å². The fourth-order valence-electron chi connectivity index (χ4n) is 2.25. The van der Waals surface area contributed by atoms with Gasteiger partial charge in [-0.2, -0.15) is 0 Å². The Balaban J connectivity index is 2.22. The summed E-state index contributed by atoms with van der Waals surface area (Å²) in [6, 6.07) is 3.43. The fraction of sp³-hybridized carbons (Fsp3) is 0.533. The molecule has 0 aliphatic carbocycles. The summed E-state index contributed by atoms with van der Waals surface area (Å²) in [6.45, 7) is 6.30. The van der Waals surface area contributed by atoms with Crippen LogP contribution in [0.15, 0.2) is 12.1 Å². The molecule has 1 aliphatic rings. The third-order valence-electron chi connectivity index (χ3n) is 3.97. The smallest absolute Gasteiger partial charge is 0.224 e. The van der Waals surface area contributed by atoms with E-state index in [1.165, 1.54) is 6.07 Å². The highest BCUT2D eigenvalue weighted by atomic mass is 19.1. The highest BCUT2D eigenvalue weighted by molar-refractivity contribution is 5.94. The Bertz CT molecular complexity index is 487. The van der Waals surface area contributed by atoms with Crippen molar-refractivity contribution in [2.75, 3.05) is 10.6 Å². The van der Waals surface area contributed by atoms with Gasteiger partial charge in [0.25, 0.3) is 0 Å². The number of carbonyl (C=O) groups excluding carboxylic acids is 1. The standard InChI is InChI=1S/C15H21FN2O/c1-4-9(2)10(3)17-14-8-13-11(7-12(14)16)5-6-15(19)18-13/h7-10,17H,4-6H2,1-3H3,(H,18,19). The molecule has 2 atom stereocenters. The van der Waals surface area contributed by atoms with Gasteiger partial charge in [-0.1, -0.05) is 20.3 Å². The molecule has 3 nitrogen and oxygen atoms in total. The van der Waals surface area contributed by atoms with Gasteiger partial charge in [0.2, 0.25) is 5.91 Å². The highest BCUT2D eigenvalue weighted by Crippen LogP contribution is 2.29. The van der Waals surface area contributed by atoms with Gasteiger partial charge in [0.15, 0.2) is 0 Å². The second-order valence-corrected chi connectivity index (χ2v) is 5.36. The van der Waals surface area contributed by atoms with Crippen LogP contribution in [0.2, 0.25) is 0 Å². The van der Waals surface area contributed by atoms with Crippen molar-refractivity contribution < 1.29 is 9.18 Å². The van der Waals surface area contributed by atoms with Gasteiger partial charge < -0.3 is 10.6 Å². The lowest BCUT2D eigenvalue weighted by Crippen LogP contribution is -2.25. The number of aryl methyl sites for hydroxylation is 1. The first-order valence-corrected chi connectivity index (χ1v) is 6.90. The minimum atomic E-state index is -0.245. The zero-order chi connectivity index (χ0) is 14.0. The highest BCUT2D eigenvalue weighted by Gasteiger charge is 2.19. The lowest BCUT2D eigenvalue weighted by molar-refractivity contribution is -0.116. The van der Waals surface area contributed by atoms with E-state index in [-0.39, 0.29) is 17.8 Å². The molecule has 0 saturated carbocycles. The summed E-state index contributed by atoms with van der Waals surface area (Å²) in [7, 11) is 0. The maximum absolute atomic E-state index is 14.0. The van der Waals surface area contributed by atoms with Crippen molar-refractivity contribution in [3.63, 3.8) is 0 Å². The molecule has 1 aliphatic heterocycles. The van der Waals surface area contributed by atoms with Crippen molar-refractivity contribution in [1.82, 2.24) is 0 Å². The molecule has 0 bridgehead atoms. The molecule has 2 rings (SSSR count). The number of hydrogen-bond donors (Lipinski definition) is 2. The van der Waals surface area contributed by atoms with E-state index in [0.29, 0.717) is 24.4 Å². The van der Waals surface area contributed by atoms with E-state index >= 15 is 0 Å². The van der Waals surface area contributed by atoms with E-state index in [1.807, 2.05) is 6.92 Å². The van der Waals surface area contributed by atoms with E-state index in [9.17, 15) is 9.18 Å². The van der Waals surface area contributed by atoms with Crippen molar-refractivity contribution in [2.45, 2.75) is 46.1 Å².